The summed E-state index contributed by atoms with van der Waals surface area (Å²) >= 11 is 0. The van der Waals surface area contributed by atoms with Crippen LogP contribution in [0.1, 0.15) is 16.7 Å². The number of hydrogen-bond acceptors (Lipinski definition) is 4. The van der Waals surface area contributed by atoms with E-state index in [1.807, 2.05) is 0 Å². The molecule has 0 bridgehead atoms. The molecule has 4 nitrogen and oxygen atoms in total. The smallest absolute Gasteiger partial charge is 0.124 e. The molecule has 29 heavy (non-hydrogen) atoms. The van der Waals surface area contributed by atoms with E-state index in [0.717, 1.165) is 25.4 Å². The van der Waals surface area contributed by atoms with Gasteiger partial charge in [-0.05, 0) is 29.3 Å². The molecule has 0 radical (unpaired) electrons. The molecule has 0 atom stereocenters. The van der Waals surface area contributed by atoms with Crippen LogP contribution >= 0.6 is 24.8 Å². The zero-order chi connectivity index (χ0) is 18.9. The molecule has 0 aliphatic carbocycles. The summed E-state index contributed by atoms with van der Waals surface area (Å²) in [7, 11) is 0. The van der Waals surface area contributed by atoms with Gasteiger partial charge in [-0.25, -0.2) is 0 Å². The van der Waals surface area contributed by atoms with Gasteiger partial charge in [-0.3, -0.25) is 0 Å². The van der Waals surface area contributed by atoms with Crippen molar-refractivity contribution in [3.05, 3.63) is 77.4 Å². The van der Waals surface area contributed by atoms with E-state index < -0.39 is 0 Å². The van der Waals surface area contributed by atoms with Gasteiger partial charge in [-0.2, -0.15) is 0 Å². The van der Waals surface area contributed by atoms with Crippen molar-refractivity contribution in [3.8, 4) is 5.75 Å². The van der Waals surface area contributed by atoms with Gasteiger partial charge in [0.25, 0.3) is 0 Å². The molecule has 0 aliphatic rings. The van der Waals surface area contributed by atoms with Gasteiger partial charge in [0.05, 0.1) is 6.61 Å². The van der Waals surface area contributed by atoms with Crippen molar-refractivity contribution in [1.29, 1.82) is 0 Å². The monoisotopic (exact) mass is 436 g/mol. The van der Waals surface area contributed by atoms with Crippen LogP contribution < -0.4 is 15.4 Å². The fraction of sp³-hybridized carbons (Fsp3) is 0.304. The zero-order valence-electron chi connectivity index (χ0n) is 16.7. The maximum absolute atomic E-state index is 8.82. The first kappa shape index (κ1) is 25.2. The Morgan fingerprint density at radius 1 is 0.828 bits per heavy atom. The number of ether oxygens (including phenoxy) is 1. The molecule has 0 spiro atoms. The van der Waals surface area contributed by atoms with Crippen molar-refractivity contribution >= 4 is 35.6 Å². The van der Waals surface area contributed by atoms with E-state index in [4.69, 9.17) is 9.84 Å². The maximum Gasteiger partial charge on any atom is 0.124 e. The Kier molecular flexibility index (Phi) is 11.7. The molecule has 3 rings (SSSR count). The molecular weight excluding hydrogens is 407 g/mol. The molecule has 3 N–H and O–H groups in total. The average Bonchev–Trinajstić information content (AvgIpc) is 2.70. The van der Waals surface area contributed by atoms with Gasteiger partial charge in [0, 0.05) is 31.7 Å². The summed E-state index contributed by atoms with van der Waals surface area (Å²) in [5, 5.41) is 17.9. The lowest BCUT2D eigenvalue weighted by Gasteiger charge is -2.15. The summed E-state index contributed by atoms with van der Waals surface area (Å²) in [4.78, 5) is 0. The highest BCUT2D eigenvalue weighted by Gasteiger charge is 2.09. The summed E-state index contributed by atoms with van der Waals surface area (Å²) in [6.45, 7) is 5.84. The van der Waals surface area contributed by atoms with Crippen molar-refractivity contribution < 1.29 is 9.84 Å². The largest absolute Gasteiger partial charge is 0.489 e. The predicted molar refractivity (Wildman–Crippen MR) is 126 cm³/mol. The molecule has 158 valence electrons. The van der Waals surface area contributed by atoms with E-state index in [-0.39, 0.29) is 31.4 Å². The normalized spacial score (nSPS) is 10.3. The van der Waals surface area contributed by atoms with Gasteiger partial charge in [-0.1, -0.05) is 60.2 Å². The van der Waals surface area contributed by atoms with E-state index >= 15 is 0 Å². The molecule has 3 aromatic carbocycles. The van der Waals surface area contributed by atoms with Crippen LogP contribution in [0.25, 0.3) is 10.8 Å². The number of rotatable bonds is 10. The lowest BCUT2D eigenvalue weighted by atomic mass is 10.0. The minimum absolute atomic E-state index is 0. The van der Waals surface area contributed by atoms with E-state index in [0.29, 0.717) is 13.2 Å². The van der Waals surface area contributed by atoms with Crippen LogP contribution in [-0.2, 0) is 13.2 Å². The topological polar surface area (TPSA) is 53.5 Å². The van der Waals surface area contributed by atoms with E-state index in [9.17, 15) is 0 Å². The van der Waals surface area contributed by atoms with Crippen molar-refractivity contribution in [2.24, 2.45) is 0 Å². The highest BCUT2D eigenvalue weighted by molar-refractivity contribution is 5.87. The van der Waals surface area contributed by atoms with Gasteiger partial charge < -0.3 is 20.5 Å². The molecule has 0 aromatic heterocycles. The van der Waals surface area contributed by atoms with Gasteiger partial charge in [0.1, 0.15) is 12.4 Å². The van der Waals surface area contributed by atoms with Crippen LogP contribution in [0.3, 0.4) is 0 Å². The van der Waals surface area contributed by atoms with Crippen molar-refractivity contribution in [2.45, 2.75) is 20.1 Å². The molecule has 0 saturated heterocycles. The highest BCUT2D eigenvalue weighted by atomic mass is 35.5. The van der Waals surface area contributed by atoms with Crippen LogP contribution in [0.5, 0.6) is 5.75 Å². The maximum atomic E-state index is 8.82. The third-order valence-electron chi connectivity index (χ3n) is 4.58. The lowest BCUT2D eigenvalue weighted by Crippen LogP contribution is -2.29. The first-order valence-corrected chi connectivity index (χ1v) is 9.49. The fourth-order valence-corrected chi connectivity index (χ4v) is 3.07. The highest BCUT2D eigenvalue weighted by Crippen LogP contribution is 2.28. The number of hydrogen-bond donors (Lipinski definition) is 3. The summed E-state index contributed by atoms with van der Waals surface area (Å²) < 4.78 is 6.18. The van der Waals surface area contributed by atoms with Crippen molar-refractivity contribution in [1.82, 2.24) is 10.6 Å². The van der Waals surface area contributed by atoms with E-state index in [1.54, 1.807) is 0 Å². The van der Waals surface area contributed by atoms with Crippen LogP contribution in [0.2, 0.25) is 0 Å². The molecule has 0 heterocycles. The lowest BCUT2D eigenvalue weighted by molar-refractivity contribution is 0.292. The molecule has 0 amide bonds. The second-order valence-corrected chi connectivity index (χ2v) is 6.69. The Morgan fingerprint density at radius 3 is 2.31 bits per heavy atom. The summed E-state index contributed by atoms with van der Waals surface area (Å²) in [5.41, 5.74) is 3.60. The number of benzene rings is 3. The Labute approximate surface area is 185 Å². The van der Waals surface area contributed by atoms with Crippen LogP contribution in [0.15, 0.2) is 60.7 Å². The van der Waals surface area contributed by atoms with Gasteiger partial charge in [0.2, 0.25) is 0 Å². The number of fused-ring (bicyclic) bond motifs is 1. The molecule has 0 unspecified atom stereocenters. The molecule has 3 aromatic rings. The first-order chi connectivity index (χ1) is 13.3. The minimum Gasteiger partial charge on any atom is -0.489 e. The summed E-state index contributed by atoms with van der Waals surface area (Å²) in [6.07, 6.45) is 0. The van der Waals surface area contributed by atoms with Crippen molar-refractivity contribution in [3.63, 3.8) is 0 Å². The Bertz CT molecular complexity index is 857. The summed E-state index contributed by atoms with van der Waals surface area (Å²) in [6, 6.07) is 21.0. The SMILES string of the molecule is Cc1ccc(COc2ccc3ccccc3c2CNCCNCCO)cc1.Cl.Cl. The standard InChI is InChI=1S/C23H28N2O2.2ClH/c1-18-6-8-19(9-7-18)17-27-23-11-10-20-4-2-3-5-21(20)22(23)16-25-13-12-24-14-15-26;;/h2-11,24-26H,12-17H2,1H3;2*1H. The summed E-state index contributed by atoms with van der Waals surface area (Å²) in [5.74, 6) is 0.921. The molecule has 0 saturated carbocycles. The Balaban J connectivity index is 0.00000210. The second-order valence-electron chi connectivity index (χ2n) is 6.69. The van der Waals surface area contributed by atoms with E-state index in [2.05, 4.69) is 78.2 Å². The number of aliphatic hydroxyl groups excluding tert-OH is 1. The quantitative estimate of drug-likeness (QED) is 0.416. The first-order valence-electron chi connectivity index (χ1n) is 9.49. The van der Waals surface area contributed by atoms with Gasteiger partial charge in [-0.15, -0.1) is 24.8 Å². The van der Waals surface area contributed by atoms with Crippen LogP contribution in [0, 0.1) is 6.92 Å². The van der Waals surface area contributed by atoms with Crippen molar-refractivity contribution in [2.75, 3.05) is 26.2 Å². The number of halogens is 2. The fourth-order valence-electron chi connectivity index (χ4n) is 3.07. The van der Waals surface area contributed by atoms with E-state index in [1.165, 1.54) is 27.5 Å². The van der Waals surface area contributed by atoms with Crippen LogP contribution in [-0.4, -0.2) is 31.3 Å². The Hall–Kier alpha value is -1.82. The Morgan fingerprint density at radius 2 is 1.55 bits per heavy atom. The minimum atomic E-state index is 0. The number of nitrogens with one attached hydrogen (secondary N) is 2. The average molecular weight is 437 g/mol. The van der Waals surface area contributed by atoms with Gasteiger partial charge >= 0.3 is 0 Å². The molecular formula is C23H30Cl2N2O2. The molecule has 6 heteroatoms. The molecule has 0 fully saturated rings. The number of aryl methyl sites for hydroxylation is 1. The third-order valence-corrected chi connectivity index (χ3v) is 4.58. The van der Waals surface area contributed by atoms with Crippen LogP contribution in [0.4, 0.5) is 0 Å². The predicted octanol–water partition coefficient (Wildman–Crippen LogP) is 4.24. The second kappa shape index (κ2) is 13.4. The molecule has 0 aliphatic heterocycles. The zero-order valence-corrected chi connectivity index (χ0v) is 18.3. The third kappa shape index (κ3) is 7.50. The number of aliphatic hydroxyl groups is 1. The van der Waals surface area contributed by atoms with Gasteiger partial charge in [0.15, 0.2) is 0 Å².